The second kappa shape index (κ2) is 4.61. The van der Waals surface area contributed by atoms with Gasteiger partial charge < -0.3 is 4.57 Å². The fourth-order valence-electron chi connectivity index (χ4n) is 1.44. The van der Waals surface area contributed by atoms with Crippen LogP contribution in [0.1, 0.15) is 11.3 Å². The SMILES string of the molecule is Fc1ccc(Cn2cncc2CCl)cc1F. The van der Waals surface area contributed by atoms with Crippen LogP contribution in [0.15, 0.2) is 30.7 Å². The van der Waals surface area contributed by atoms with E-state index < -0.39 is 11.6 Å². The summed E-state index contributed by atoms with van der Waals surface area (Å²) in [5.41, 5.74) is 1.51. The van der Waals surface area contributed by atoms with Gasteiger partial charge in [-0.25, -0.2) is 13.8 Å². The molecule has 2 rings (SSSR count). The normalized spacial score (nSPS) is 10.7. The molecule has 0 spiro atoms. The third-order valence-electron chi connectivity index (χ3n) is 2.27. The van der Waals surface area contributed by atoms with Gasteiger partial charge in [0, 0.05) is 12.7 Å². The third kappa shape index (κ3) is 2.22. The van der Waals surface area contributed by atoms with Gasteiger partial charge in [-0.1, -0.05) is 6.07 Å². The van der Waals surface area contributed by atoms with Crippen molar-refractivity contribution < 1.29 is 8.78 Å². The van der Waals surface area contributed by atoms with Crippen LogP contribution in [0.25, 0.3) is 0 Å². The first kappa shape index (κ1) is 11.1. The fraction of sp³-hybridized carbons (Fsp3) is 0.182. The lowest BCUT2D eigenvalue weighted by Crippen LogP contribution is -2.02. The van der Waals surface area contributed by atoms with Crippen molar-refractivity contribution in [1.29, 1.82) is 0 Å². The summed E-state index contributed by atoms with van der Waals surface area (Å²) in [6.45, 7) is 0.430. The molecule has 0 saturated carbocycles. The molecule has 0 atom stereocenters. The topological polar surface area (TPSA) is 17.8 Å². The number of aromatic nitrogens is 2. The summed E-state index contributed by atoms with van der Waals surface area (Å²) in [6.07, 6.45) is 3.26. The maximum Gasteiger partial charge on any atom is 0.159 e. The van der Waals surface area contributed by atoms with E-state index in [1.165, 1.54) is 12.1 Å². The zero-order valence-corrected chi connectivity index (χ0v) is 9.09. The first-order valence-corrected chi connectivity index (χ1v) is 5.23. The minimum Gasteiger partial charge on any atom is -0.329 e. The van der Waals surface area contributed by atoms with Crippen LogP contribution < -0.4 is 0 Å². The van der Waals surface area contributed by atoms with E-state index in [0.29, 0.717) is 18.0 Å². The van der Waals surface area contributed by atoms with Gasteiger partial charge in [0.1, 0.15) is 0 Å². The lowest BCUT2D eigenvalue weighted by molar-refractivity contribution is 0.506. The predicted octanol–water partition coefficient (Wildman–Crippen LogP) is 2.95. The van der Waals surface area contributed by atoms with Crippen molar-refractivity contribution >= 4 is 11.6 Å². The van der Waals surface area contributed by atoms with E-state index in [1.54, 1.807) is 17.1 Å². The third-order valence-corrected chi connectivity index (χ3v) is 2.55. The molecular weight excluding hydrogens is 234 g/mol. The Morgan fingerprint density at radius 3 is 2.75 bits per heavy atom. The first-order chi connectivity index (χ1) is 7.70. The van der Waals surface area contributed by atoms with Crippen molar-refractivity contribution in [3.63, 3.8) is 0 Å². The van der Waals surface area contributed by atoms with Crippen molar-refractivity contribution in [2.45, 2.75) is 12.4 Å². The van der Waals surface area contributed by atoms with Gasteiger partial charge in [-0.2, -0.15) is 0 Å². The Kier molecular flexibility index (Phi) is 3.19. The van der Waals surface area contributed by atoms with Crippen molar-refractivity contribution in [3.05, 3.63) is 53.6 Å². The molecule has 0 aliphatic heterocycles. The van der Waals surface area contributed by atoms with Crippen molar-refractivity contribution in [1.82, 2.24) is 9.55 Å². The summed E-state index contributed by atoms with van der Waals surface area (Å²) < 4.78 is 27.5. The molecule has 0 aliphatic rings. The minimum atomic E-state index is -0.843. The van der Waals surface area contributed by atoms with Crippen LogP contribution in [-0.4, -0.2) is 9.55 Å². The first-order valence-electron chi connectivity index (χ1n) is 4.69. The van der Waals surface area contributed by atoms with Gasteiger partial charge in [-0.05, 0) is 17.7 Å². The van der Waals surface area contributed by atoms with Crippen molar-refractivity contribution in [2.24, 2.45) is 0 Å². The molecular formula is C11H9ClF2N2. The Morgan fingerprint density at radius 1 is 1.25 bits per heavy atom. The van der Waals surface area contributed by atoms with Gasteiger partial charge in [0.25, 0.3) is 0 Å². The highest BCUT2D eigenvalue weighted by Crippen LogP contribution is 2.12. The van der Waals surface area contributed by atoms with Crippen LogP contribution in [0.3, 0.4) is 0 Å². The van der Waals surface area contributed by atoms with E-state index in [0.717, 1.165) is 11.8 Å². The zero-order chi connectivity index (χ0) is 11.5. The summed E-state index contributed by atoms with van der Waals surface area (Å²) in [6, 6.07) is 3.83. The van der Waals surface area contributed by atoms with E-state index in [-0.39, 0.29) is 0 Å². The Balaban J connectivity index is 2.24. The summed E-state index contributed by atoms with van der Waals surface area (Å²) in [5, 5.41) is 0. The van der Waals surface area contributed by atoms with Crippen LogP contribution in [0.4, 0.5) is 8.78 Å². The second-order valence-corrected chi connectivity index (χ2v) is 3.66. The number of benzene rings is 1. The second-order valence-electron chi connectivity index (χ2n) is 3.39. The maximum absolute atomic E-state index is 13.0. The highest BCUT2D eigenvalue weighted by atomic mass is 35.5. The van der Waals surface area contributed by atoms with Gasteiger partial charge in [-0.15, -0.1) is 11.6 Å². The standard InChI is InChI=1S/C11H9ClF2N2/c12-4-9-5-15-7-16(9)6-8-1-2-10(13)11(14)3-8/h1-3,5,7H,4,6H2. The van der Waals surface area contributed by atoms with Crippen LogP contribution in [-0.2, 0) is 12.4 Å². The highest BCUT2D eigenvalue weighted by Gasteiger charge is 2.05. The van der Waals surface area contributed by atoms with Crippen molar-refractivity contribution in [3.8, 4) is 0 Å². The van der Waals surface area contributed by atoms with Gasteiger partial charge in [0.2, 0.25) is 0 Å². The molecule has 0 aliphatic carbocycles. The van der Waals surface area contributed by atoms with E-state index >= 15 is 0 Å². The van der Waals surface area contributed by atoms with Crippen LogP contribution in [0, 0.1) is 11.6 Å². The molecule has 0 amide bonds. The molecule has 2 nitrogen and oxygen atoms in total. The smallest absolute Gasteiger partial charge is 0.159 e. The molecule has 0 bridgehead atoms. The van der Waals surface area contributed by atoms with Gasteiger partial charge in [0.15, 0.2) is 11.6 Å². The quantitative estimate of drug-likeness (QED) is 0.757. The minimum absolute atomic E-state index is 0.337. The number of imidazole rings is 1. The van der Waals surface area contributed by atoms with Gasteiger partial charge in [0.05, 0.1) is 17.9 Å². The Bertz CT molecular complexity index is 496. The largest absolute Gasteiger partial charge is 0.329 e. The van der Waals surface area contributed by atoms with E-state index in [2.05, 4.69) is 4.98 Å². The summed E-state index contributed by atoms with van der Waals surface area (Å²) in [4.78, 5) is 3.94. The van der Waals surface area contributed by atoms with E-state index in [9.17, 15) is 8.78 Å². The van der Waals surface area contributed by atoms with Crippen molar-refractivity contribution in [2.75, 3.05) is 0 Å². The molecule has 0 N–H and O–H groups in total. The number of halogens is 3. The summed E-state index contributed by atoms with van der Waals surface area (Å²) in [7, 11) is 0. The maximum atomic E-state index is 13.0. The van der Waals surface area contributed by atoms with E-state index in [1.807, 2.05) is 0 Å². The highest BCUT2D eigenvalue weighted by molar-refractivity contribution is 6.16. The molecule has 0 saturated heterocycles. The van der Waals surface area contributed by atoms with Crippen LogP contribution in [0.5, 0.6) is 0 Å². The van der Waals surface area contributed by atoms with Crippen LogP contribution >= 0.6 is 11.6 Å². The molecule has 2 aromatic rings. The average molecular weight is 243 g/mol. The Labute approximate surface area is 96.5 Å². The molecule has 1 aromatic heterocycles. The molecule has 1 heterocycles. The Hall–Kier alpha value is -1.42. The molecule has 0 fully saturated rings. The molecule has 0 radical (unpaired) electrons. The molecule has 1 aromatic carbocycles. The number of alkyl halides is 1. The molecule has 16 heavy (non-hydrogen) atoms. The van der Waals surface area contributed by atoms with Gasteiger partial charge >= 0.3 is 0 Å². The molecule has 0 unspecified atom stereocenters. The number of hydrogen-bond acceptors (Lipinski definition) is 1. The Morgan fingerprint density at radius 2 is 2.06 bits per heavy atom. The number of rotatable bonds is 3. The molecule has 5 heteroatoms. The monoisotopic (exact) mass is 242 g/mol. The average Bonchev–Trinajstić information content (AvgIpc) is 2.71. The zero-order valence-electron chi connectivity index (χ0n) is 8.33. The number of nitrogens with zero attached hydrogens (tertiary/aromatic N) is 2. The number of hydrogen-bond donors (Lipinski definition) is 0. The summed E-state index contributed by atoms with van der Waals surface area (Å²) >= 11 is 5.70. The fourth-order valence-corrected chi connectivity index (χ4v) is 1.66. The summed E-state index contributed by atoms with van der Waals surface area (Å²) in [5.74, 6) is -1.35. The predicted molar refractivity (Wildman–Crippen MR) is 57.2 cm³/mol. The lowest BCUT2D eigenvalue weighted by atomic mass is 10.2. The van der Waals surface area contributed by atoms with E-state index in [4.69, 9.17) is 11.6 Å². The molecule has 84 valence electrons. The lowest BCUT2D eigenvalue weighted by Gasteiger charge is -2.06. The van der Waals surface area contributed by atoms with Gasteiger partial charge in [-0.3, -0.25) is 0 Å². The van der Waals surface area contributed by atoms with Crippen LogP contribution in [0.2, 0.25) is 0 Å².